The van der Waals surface area contributed by atoms with E-state index < -0.39 is 29.3 Å². The number of thiol groups is 1. The molecule has 81 heavy (non-hydrogen) atoms. The molecular weight excluding hydrogens is 1090 g/mol. The average molecular weight is 1170 g/mol. The van der Waals surface area contributed by atoms with Crippen molar-refractivity contribution < 1.29 is 57.4 Å². The number of unbranched alkanes of at least 4 members (excludes halogenated alkanes) is 5. The Labute approximate surface area is 493 Å². The number of para-hydroxylation sites is 2. The molecule has 4 rings (SSSR count). The molecule has 6 amide bonds. The molecule has 0 saturated heterocycles. The van der Waals surface area contributed by atoms with E-state index in [1.807, 2.05) is 121 Å². The normalized spacial score (nSPS) is 11.4. The van der Waals surface area contributed by atoms with Crippen molar-refractivity contribution in [3.8, 4) is 0 Å². The van der Waals surface area contributed by atoms with E-state index in [0.29, 0.717) is 57.4 Å². The first-order chi connectivity index (χ1) is 38.5. The van der Waals surface area contributed by atoms with Gasteiger partial charge in [-0.3, -0.25) is 43.2 Å². The van der Waals surface area contributed by atoms with Crippen molar-refractivity contribution in [1.29, 1.82) is 0 Å². The van der Waals surface area contributed by atoms with Crippen LogP contribution in [0.5, 0.6) is 0 Å². The Morgan fingerprint density at radius 2 is 1.02 bits per heavy atom. The number of methoxy groups -OCH3 is 2. The van der Waals surface area contributed by atoms with Crippen molar-refractivity contribution in [3.05, 3.63) is 145 Å². The second-order valence-electron chi connectivity index (χ2n) is 18.1. The maximum Gasteiger partial charge on any atom is 0.330 e. The van der Waals surface area contributed by atoms with E-state index in [0.717, 1.165) is 66.8 Å². The van der Waals surface area contributed by atoms with E-state index in [1.54, 1.807) is 0 Å². The zero-order chi connectivity index (χ0) is 58.8. The molecule has 6 N–H and O–H groups in total. The predicted molar refractivity (Wildman–Crippen MR) is 326 cm³/mol. The number of amides is 6. The van der Waals surface area contributed by atoms with Crippen molar-refractivity contribution in [3.63, 3.8) is 0 Å². The van der Waals surface area contributed by atoms with Crippen LogP contribution in [-0.2, 0) is 70.4 Å². The molecule has 3 atom stereocenters. The molecule has 0 aromatic heterocycles. The van der Waals surface area contributed by atoms with Gasteiger partial charge >= 0.3 is 11.9 Å². The van der Waals surface area contributed by atoms with Crippen LogP contribution in [0.15, 0.2) is 133 Å². The molecule has 0 fully saturated rings. The number of anilines is 2. The summed E-state index contributed by atoms with van der Waals surface area (Å²) in [5.41, 5.74) is 3.60. The van der Waals surface area contributed by atoms with Crippen molar-refractivity contribution in [2.24, 2.45) is 0 Å². The second kappa shape index (κ2) is 44.5. The summed E-state index contributed by atoms with van der Waals surface area (Å²) in [7, 11) is 2.51. The molecule has 0 heterocycles. The Balaban J connectivity index is 0.000000673. The lowest BCUT2D eigenvalue weighted by atomic mass is 10.0. The lowest BCUT2D eigenvalue weighted by Crippen LogP contribution is -2.47. The number of aryl methyl sites for hydroxylation is 1. The molecule has 1 unspecified atom stereocenters. The third kappa shape index (κ3) is 35.9. The second-order valence-corrected chi connectivity index (χ2v) is 19.7. The maximum atomic E-state index is 13.0. The number of carbonyl (C=O) groups excluding carboxylic acids is 10. The van der Waals surface area contributed by atoms with Crippen LogP contribution in [0.4, 0.5) is 11.4 Å². The Morgan fingerprint density at radius 1 is 0.543 bits per heavy atom. The number of hydrogen-bond acceptors (Lipinski definition) is 14. The molecule has 18 nitrogen and oxygen atoms in total. The van der Waals surface area contributed by atoms with E-state index in [4.69, 9.17) is 4.74 Å². The van der Waals surface area contributed by atoms with Gasteiger partial charge in [0, 0.05) is 87.7 Å². The predicted octanol–water partition coefficient (Wildman–Crippen LogP) is 7.79. The summed E-state index contributed by atoms with van der Waals surface area (Å²) in [5, 5.41) is 15.7. The average Bonchev–Trinajstić information content (AvgIpc) is 3.46. The molecular formula is C60H80N6O12S3. The van der Waals surface area contributed by atoms with Gasteiger partial charge in [-0.25, -0.2) is 4.79 Å². The summed E-state index contributed by atoms with van der Waals surface area (Å²) in [6.45, 7) is 3.54. The van der Waals surface area contributed by atoms with Gasteiger partial charge in [-0.15, -0.1) is 11.8 Å². The number of ketones is 2. The van der Waals surface area contributed by atoms with E-state index in [1.165, 1.54) is 39.8 Å². The number of nitrogens with one attached hydrogen (secondary N) is 6. The molecule has 21 heteroatoms. The van der Waals surface area contributed by atoms with E-state index >= 15 is 0 Å². The number of benzene rings is 4. The van der Waals surface area contributed by atoms with Crippen LogP contribution in [0.2, 0.25) is 0 Å². The van der Waals surface area contributed by atoms with Crippen LogP contribution < -0.4 is 31.9 Å². The number of esters is 2. The highest BCUT2D eigenvalue weighted by atomic mass is 32.2. The molecule has 0 radical (unpaired) electrons. The summed E-state index contributed by atoms with van der Waals surface area (Å²) < 4.78 is 9.15. The first-order valence-electron chi connectivity index (χ1n) is 26.5. The van der Waals surface area contributed by atoms with Crippen molar-refractivity contribution in [1.82, 2.24) is 21.3 Å². The Kier molecular flexibility index (Phi) is 39.4. The van der Waals surface area contributed by atoms with Crippen LogP contribution in [-0.4, -0.2) is 109 Å². The van der Waals surface area contributed by atoms with Gasteiger partial charge in [0.25, 0.3) is 0 Å². The summed E-state index contributed by atoms with van der Waals surface area (Å²) in [6, 6.07) is 36.5. The van der Waals surface area contributed by atoms with Gasteiger partial charge in [-0.1, -0.05) is 116 Å². The van der Waals surface area contributed by atoms with Gasteiger partial charge in [0.05, 0.1) is 31.9 Å². The van der Waals surface area contributed by atoms with Crippen LogP contribution in [0.25, 0.3) is 0 Å². The molecule has 0 bridgehead atoms. The van der Waals surface area contributed by atoms with Crippen LogP contribution in [0.1, 0.15) is 102 Å². The van der Waals surface area contributed by atoms with Gasteiger partial charge < -0.3 is 41.4 Å². The highest BCUT2D eigenvalue weighted by Gasteiger charge is 2.27. The van der Waals surface area contributed by atoms with Crippen molar-refractivity contribution >= 4 is 108 Å². The topological polar surface area (TPSA) is 261 Å². The summed E-state index contributed by atoms with van der Waals surface area (Å²) in [6.07, 6.45) is 9.63. The van der Waals surface area contributed by atoms with Crippen LogP contribution in [0, 0.1) is 0 Å². The molecule has 0 spiro atoms. The molecule has 0 aliphatic heterocycles. The van der Waals surface area contributed by atoms with Gasteiger partial charge in [0.2, 0.25) is 35.4 Å². The van der Waals surface area contributed by atoms with E-state index in [9.17, 15) is 47.9 Å². The van der Waals surface area contributed by atoms with Gasteiger partial charge in [-0.05, 0) is 67.5 Å². The fourth-order valence-electron chi connectivity index (χ4n) is 7.27. The van der Waals surface area contributed by atoms with E-state index in [2.05, 4.69) is 49.3 Å². The minimum Gasteiger partial charge on any atom is -0.469 e. The highest BCUT2D eigenvalue weighted by Crippen LogP contribution is 2.22. The fourth-order valence-corrected chi connectivity index (χ4v) is 8.78. The smallest absolute Gasteiger partial charge is 0.330 e. The Hall–Kier alpha value is -7.23. The van der Waals surface area contributed by atoms with Gasteiger partial charge in [-0.2, -0.15) is 26.1 Å². The fraction of sp³-hybridized carbons (Fsp3) is 0.400. The summed E-state index contributed by atoms with van der Waals surface area (Å²) in [4.78, 5) is 118. The van der Waals surface area contributed by atoms with Crippen molar-refractivity contribution in [2.75, 3.05) is 42.9 Å². The molecule has 4 aromatic rings. The van der Waals surface area contributed by atoms with Gasteiger partial charge in [0.1, 0.15) is 11.8 Å². The quantitative estimate of drug-likeness (QED) is 0.0104. The zero-order valence-corrected chi connectivity index (χ0v) is 49.4. The summed E-state index contributed by atoms with van der Waals surface area (Å²) in [5.74, 6) is -2.01. The Bertz CT molecular complexity index is 2550. The van der Waals surface area contributed by atoms with E-state index in [-0.39, 0.29) is 79.1 Å². The number of ether oxygens (including phenoxy) is 2. The highest BCUT2D eigenvalue weighted by molar-refractivity contribution is 8.00. The number of hydrogen-bond donors (Lipinski definition) is 7. The SMILES string of the molecule is CC(=O)N[C@@H](CS)C(=O)CCc1ccccc1.COC(=O)/C=C\C(=O)NCCCCCC(=O)Nc1ccccc1.COC(=O)CC(SC[C@H](NC(C)=O)C(=O)NCc1ccccc1)C(=O)CCCCCCC(=O)Nc1ccccc1.S. The largest absolute Gasteiger partial charge is 0.469 e. The monoisotopic (exact) mass is 1170 g/mol. The first kappa shape index (κ1) is 71.8. The maximum absolute atomic E-state index is 13.0. The third-order valence-corrected chi connectivity index (χ3v) is 13.2. The molecule has 0 aliphatic rings. The molecule has 0 aliphatic carbocycles. The lowest BCUT2D eigenvalue weighted by molar-refractivity contribution is -0.141. The van der Waals surface area contributed by atoms with Crippen LogP contribution >= 0.6 is 37.9 Å². The number of Topliss-reactive ketones (excluding diaryl/α,β-unsaturated/α-hetero) is 2. The molecule has 440 valence electrons. The number of thioether (sulfide) groups is 1. The third-order valence-electron chi connectivity index (χ3n) is 11.5. The standard InChI is InChI=1S/C30H39N3O6S.C17H22N2O4.C13H17NO2S.H2S/c1-22(34)32-25(30(38)31-20-23-13-7-5-8-14-23)21-40-27(19-29(37)39-2)26(35)17-11-3-4-12-18-28(36)33-24-15-9-6-10-16-24;1-23-17(22)12-11-15(20)18-13-7-3-6-10-16(21)19-14-8-4-2-5-9-14;1-10(15)14-12(9-17)13(16)8-7-11-5-3-2-4-6-11;/h5-10,13-16,25,27H,3-4,11-12,17-21H2,1-2H3,(H,31,38)(H,32,34)(H,33,36);2,4-5,8-9,11-12H,3,6-7,10,13H2,1H3,(H,18,20)(H,19,21);2-6,12,17H,7-9H2,1H3,(H,14,15);1H2/b;12-11-;;/t25-,27?;;12-;/m0.0./s1. The minimum atomic E-state index is -0.860. The van der Waals surface area contributed by atoms with Crippen LogP contribution in [0.3, 0.4) is 0 Å². The number of carbonyl (C=O) groups is 10. The zero-order valence-electron chi connectivity index (χ0n) is 46.7. The molecule has 4 aromatic carbocycles. The lowest BCUT2D eigenvalue weighted by Gasteiger charge is -2.20. The minimum absolute atomic E-state index is 0. The van der Waals surface area contributed by atoms with Crippen molar-refractivity contribution in [2.45, 2.75) is 121 Å². The Morgan fingerprint density at radius 3 is 1.52 bits per heavy atom. The molecule has 0 saturated carbocycles. The summed E-state index contributed by atoms with van der Waals surface area (Å²) >= 11 is 5.24. The van der Waals surface area contributed by atoms with Gasteiger partial charge in [0.15, 0.2) is 5.78 Å². The first-order valence-corrected chi connectivity index (χ1v) is 28.2. The number of rotatable bonds is 33.